The molecule has 0 aliphatic carbocycles. The predicted molar refractivity (Wildman–Crippen MR) is 88.3 cm³/mol. The fraction of sp³-hybridized carbons (Fsp3) is 0.353. The van der Waals surface area contributed by atoms with E-state index in [-0.39, 0.29) is 18.7 Å². The summed E-state index contributed by atoms with van der Waals surface area (Å²) < 4.78 is 9.56. The van der Waals surface area contributed by atoms with Gasteiger partial charge in [0, 0.05) is 12.0 Å². The van der Waals surface area contributed by atoms with Crippen LogP contribution in [-0.4, -0.2) is 44.3 Å². The van der Waals surface area contributed by atoms with Crippen LogP contribution >= 0.6 is 0 Å². The molecular weight excluding hydrogens is 312 g/mol. The zero-order valence-corrected chi connectivity index (χ0v) is 13.8. The van der Waals surface area contributed by atoms with E-state index >= 15 is 0 Å². The third-order valence-electron chi connectivity index (χ3n) is 3.04. The molecule has 0 fully saturated rings. The molecule has 24 heavy (non-hydrogen) atoms. The van der Waals surface area contributed by atoms with Gasteiger partial charge in [0.05, 0.1) is 13.7 Å². The Morgan fingerprint density at radius 3 is 2.46 bits per heavy atom. The molecule has 130 valence electrons. The maximum Gasteiger partial charge on any atom is 0.333 e. The first-order valence-electron chi connectivity index (χ1n) is 7.42. The molecule has 0 radical (unpaired) electrons. The molecule has 0 heterocycles. The van der Waals surface area contributed by atoms with Gasteiger partial charge in [0.15, 0.2) is 0 Å². The smallest absolute Gasteiger partial charge is 0.333 e. The van der Waals surface area contributed by atoms with Crippen LogP contribution in [0.25, 0.3) is 0 Å². The number of rotatable bonds is 8. The van der Waals surface area contributed by atoms with E-state index < -0.39 is 24.0 Å². The van der Waals surface area contributed by atoms with Crippen molar-refractivity contribution in [3.05, 3.63) is 48.0 Å². The Labute approximate surface area is 141 Å². The first-order chi connectivity index (χ1) is 11.4. The highest BCUT2D eigenvalue weighted by atomic mass is 16.5. The molecular formula is C17H22N2O5. The lowest BCUT2D eigenvalue weighted by Crippen LogP contribution is -2.48. The van der Waals surface area contributed by atoms with Crippen molar-refractivity contribution in [2.45, 2.75) is 19.4 Å². The Morgan fingerprint density at radius 1 is 1.21 bits per heavy atom. The molecule has 7 nitrogen and oxygen atoms in total. The van der Waals surface area contributed by atoms with Gasteiger partial charge in [-0.25, -0.2) is 14.4 Å². The number of hydrogen-bond donors (Lipinski definition) is 2. The first kappa shape index (κ1) is 19.2. The average Bonchev–Trinajstić information content (AvgIpc) is 2.58. The molecule has 0 saturated carbocycles. The summed E-state index contributed by atoms with van der Waals surface area (Å²) in [6, 6.07) is 7.91. The van der Waals surface area contributed by atoms with Crippen LogP contribution in [0.15, 0.2) is 42.5 Å². The highest BCUT2D eigenvalue weighted by molar-refractivity contribution is 5.87. The summed E-state index contributed by atoms with van der Waals surface area (Å²) in [5.74, 6) is -1.06. The monoisotopic (exact) mass is 334 g/mol. The van der Waals surface area contributed by atoms with E-state index in [2.05, 4.69) is 17.2 Å². The molecule has 1 aromatic carbocycles. The van der Waals surface area contributed by atoms with Gasteiger partial charge in [-0.1, -0.05) is 36.9 Å². The van der Waals surface area contributed by atoms with Crippen LogP contribution in [0.2, 0.25) is 0 Å². The Hall–Kier alpha value is -2.83. The van der Waals surface area contributed by atoms with Gasteiger partial charge >= 0.3 is 18.0 Å². The lowest BCUT2D eigenvalue weighted by Gasteiger charge is -2.17. The second-order valence-corrected chi connectivity index (χ2v) is 5.08. The number of methoxy groups -OCH3 is 1. The van der Waals surface area contributed by atoms with Crippen molar-refractivity contribution in [1.82, 2.24) is 10.6 Å². The van der Waals surface area contributed by atoms with Crippen LogP contribution in [0.1, 0.15) is 12.5 Å². The molecule has 1 atom stereocenters. The minimum absolute atomic E-state index is 0.0146. The summed E-state index contributed by atoms with van der Waals surface area (Å²) in [6.45, 7) is 5.12. The lowest BCUT2D eigenvalue weighted by atomic mass is 10.1. The zero-order valence-electron chi connectivity index (χ0n) is 13.8. The van der Waals surface area contributed by atoms with Gasteiger partial charge in [-0.3, -0.25) is 0 Å². The highest BCUT2D eigenvalue weighted by Gasteiger charge is 2.21. The summed E-state index contributed by atoms with van der Waals surface area (Å²) in [6.07, 6.45) is 0.311. The van der Waals surface area contributed by atoms with Crippen LogP contribution in [0.3, 0.4) is 0 Å². The quantitative estimate of drug-likeness (QED) is 0.423. The summed E-state index contributed by atoms with van der Waals surface area (Å²) in [5.41, 5.74) is 1.18. The summed E-state index contributed by atoms with van der Waals surface area (Å²) in [4.78, 5) is 34.8. The van der Waals surface area contributed by atoms with Gasteiger partial charge in [0.25, 0.3) is 0 Å². The molecule has 1 rings (SSSR count). The van der Waals surface area contributed by atoms with E-state index in [1.807, 2.05) is 30.3 Å². The Morgan fingerprint density at radius 2 is 1.88 bits per heavy atom. The Balaban J connectivity index is 2.45. The Bertz CT molecular complexity index is 586. The fourth-order valence-electron chi connectivity index (χ4n) is 1.83. The molecule has 0 saturated heterocycles. The van der Waals surface area contributed by atoms with Gasteiger partial charge in [-0.05, 0) is 12.5 Å². The van der Waals surface area contributed by atoms with E-state index in [1.54, 1.807) is 0 Å². The fourth-order valence-corrected chi connectivity index (χ4v) is 1.83. The third kappa shape index (κ3) is 6.95. The largest absolute Gasteiger partial charge is 0.467 e. The van der Waals surface area contributed by atoms with E-state index in [1.165, 1.54) is 14.0 Å². The van der Waals surface area contributed by atoms with Crippen LogP contribution in [0.4, 0.5) is 4.79 Å². The average molecular weight is 334 g/mol. The van der Waals surface area contributed by atoms with E-state index in [9.17, 15) is 14.4 Å². The number of urea groups is 1. The summed E-state index contributed by atoms with van der Waals surface area (Å²) in [5, 5.41) is 5.05. The summed E-state index contributed by atoms with van der Waals surface area (Å²) in [7, 11) is 1.26. The minimum Gasteiger partial charge on any atom is -0.467 e. The van der Waals surface area contributed by atoms with Crippen molar-refractivity contribution in [2.24, 2.45) is 0 Å². The number of ether oxygens (including phenoxy) is 2. The van der Waals surface area contributed by atoms with E-state index in [4.69, 9.17) is 9.47 Å². The van der Waals surface area contributed by atoms with E-state index in [0.717, 1.165) is 5.56 Å². The van der Waals surface area contributed by atoms with Gasteiger partial charge in [0.2, 0.25) is 0 Å². The zero-order chi connectivity index (χ0) is 17.9. The highest BCUT2D eigenvalue weighted by Crippen LogP contribution is 2.04. The molecule has 2 amide bonds. The molecule has 0 aliphatic rings. The number of benzene rings is 1. The maximum absolute atomic E-state index is 11.9. The normalized spacial score (nSPS) is 11.1. The molecule has 1 aromatic rings. The number of carbonyl (C=O) groups is 3. The maximum atomic E-state index is 11.9. The summed E-state index contributed by atoms with van der Waals surface area (Å²) >= 11 is 0. The standard InChI is InChI=1S/C17H22N2O5/c1-12(2)15(20)24-10-9-18-17(22)19-14(16(21)23-3)11-13-7-5-4-6-8-13/h4-8,14H,1,9-11H2,2-3H3,(H2,18,19,22)/t14-/m0/s1. The lowest BCUT2D eigenvalue weighted by molar-refractivity contribution is -0.142. The van der Waals surface area contributed by atoms with Crippen LogP contribution in [0.5, 0.6) is 0 Å². The molecule has 0 unspecified atom stereocenters. The number of esters is 2. The van der Waals surface area contributed by atoms with Gasteiger partial charge in [0.1, 0.15) is 12.6 Å². The van der Waals surface area contributed by atoms with Crippen molar-refractivity contribution >= 4 is 18.0 Å². The van der Waals surface area contributed by atoms with Gasteiger partial charge < -0.3 is 20.1 Å². The second-order valence-electron chi connectivity index (χ2n) is 5.08. The van der Waals surface area contributed by atoms with Crippen LogP contribution in [-0.2, 0) is 25.5 Å². The van der Waals surface area contributed by atoms with Crippen molar-refractivity contribution in [2.75, 3.05) is 20.3 Å². The number of nitrogens with one attached hydrogen (secondary N) is 2. The first-order valence-corrected chi connectivity index (χ1v) is 7.42. The van der Waals surface area contributed by atoms with Crippen molar-refractivity contribution in [3.8, 4) is 0 Å². The molecule has 0 bridgehead atoms. The van der Waals surface area contributed by atoms with E-state index in [0.29, 0.717) is 6.42 Å². The predicted octanol–water partition coefficient (Wildman–Crippen LogP) is 1.19. The minimum atomic E-state index is -0.810. The molecule has 0 aromatic heterocycles. The third-order valence-corrected chi connectivity index (χ3v) is 3.04. The second kappa shape index (κ2) is 10.0. The topological polar surface area (TPSA) is 93.7 Å². The van der Waals surface area contributed by atoms with Crippen molar-refractivity contribution < 1.29 is 23.9 Å². The molecule has 2 N–H and O–H groups in total. The Kier molecular flexibility index (Phi) is 8.04. The van der Waals surface area contributed by atoms with Crippen LogP contribution < -0.4 is 10.6 Å². The SMILES string of the molecule is C=C(C)C(=O)OCCNC(=O)N[C@@H](Cc1ccccc1)C(=O)OC. The molecule has 0 spiro atoms. The molecule has 7 heteroatoms. The number of carbonyl (C=O) groups excluding carboxylic acids is 3. The van der Waals surface area contributed by atoms with Crippen molar-refractivity contribution in [3.63, 3.8) is 0 Å². The number of amides is 2. The van der Waals surface area contributed by atoms with Crippen molar-refractivity contribution in [1.29, 1.82) is 0 Å². The van der Waals surface area contributed by atoms with Gasteiger partial charge in [-0.15, -0.1) is 0 Å². The number of hydrogen-bond acceptors (Lipinski definition) is 5. The molecule has 0 aliphatic heterocycles. The van der Waals surface area contributed by atoms with Gasteiger partial charge in [-0.2, -0.15) is 0 Å². The van der Waals surface area contributed by atoms with Crippen LogP contribution in [0, 0.1) is 0 Å².